The summed E-state index contributed by atoms with van der Waals surface area (Å²) in [5, 5.41) is 13.6. The molecule has 1 aromatic heterocycles. The van der Waals surface area contributed by atoms with Gasteiger partial charge >= 0.3 is 0 Å². The lowest BCUT2D eigenvalue weighted by atomic mass is 9.81. The Morgan fingerprint density at radius 1 is 1.53 bits per heavy atom. The topological polar surface area (TPSA) is 64.1 Å². The first kappa shape index (κ1) is 12.2. The fourth-order valence-corrected chi connectivity index (χ4v) is 1.68. The average molecular weight is 211 g/mol. The quantitative estimate of drug-likeness (QED) is 0.731. The van der Waals surface area contributed by atoms with E-state index >= 15 is 0 Å². The summed E-state index contributed by atoms with van der Waals surface area (Å²) in [6, 6.07) is 0. The molecule has 0 saturated heterocycles. The fraction of sp³-hybridized carbons (Fsp3) is 0.727. The van der Waals surface area contributed by atoms with Crippen molar-refractivity contribution in [1.82, 2.24) is 9.78 Å². The van der Waals surface area contributed by atoms with Crippen LogP contribution in [0.3, 0.4) is 0 Å². The molecular formula is C11H21N3O. The van der Waals surface area contributed by atoms with Crippen molar-refractivity contribution < 1.29 is 5.11 Å². The fourth-order valence-electron chi connectivity index (χ4n) is 1.68. The summed E-state index contributed by atoms with van der Waals surface area (Å²) < 4.78 is 1.89. The van der Waals surface area contributed by atoms with Gasteiger partial charge in [-0.05, 0) is 25.3 Å². The summed E-state index contributed by atoms with van der Waals surface area (Å²) >= 11 is 0. The average Bonchev–Trinajstić information content (AvgIpc) is 2.73. The number of nitrogens with two attached hydrogens (primary N) is 1. The van der Waals surface area contributed by atoms with Crippen molar-refractivity contribution in [3.8, 4) is 0 Å². The number of hydrogen-bond acceptors (Lipinski definition) is 3. The monoisotopic (exact) mass is 211 g/mol. The lowest BCUT2D eigenvalue weighted by Crippen LogP contribution is -2.35. The van der Waals surface area contributed by atoms with Crippen molar-refractivity contribution in [3.05, 3.63) is 18.0 Å². The van der Waals surface area contributed by atoms with E-state index in [1.54, 1.807) is 0 Å². The molecular weight excluding hydrogens is 190 g/mol. The van der Waals surface area contributed by atoms with Crippen molar-refractivity contribution in [2.24, 2.45) is 11.1 Å². The molecule has 86 valence electrons. The zero-order valence-corrected chi connectivity index (χ0v) is 9.61. The molecule has 1 aromatic rings. The van der Waals surface area contributed by atoms with E-state index in [-0.39, 0.29) is 12.0 Å². The first-order valence-corrected chi connectivity index (χ1v) is 5.52. The molecule has 1 heterocycles. The predicted molar refractivity (Wildman–Crippen MR) is 60.5 cm³/mol. The summed E-state index contributed by atoms with van der Waals surface area (Å²) in [7, 11) is 0. The maximum atomic E-state index is 9.39. The molecule has 15 heavy (non-hydrogen) atoms. The third-order valence-electron chi connectivity index (χ3n) is 3.11. The highest BCUT2D eigenvalue weighted by atomic mass is 16.3. The summed E-state index contributed by atoms with van der Waals surface area (Å²) in [5.41, 5.74) is 6.70. The first-order chi connectivity index (χ1) is 7.19. The van der Waals surface area contributed by atoms with Crippen LogP contribution < -0.4 is 5.73 Å². The van der Waals surface area contributed by atoms with Crippen molar-refractivity contribution in [3.63, 3.8) is 0 Å². The SMILES string of the molecule is CCn1cc(CC(CC)(CN)CO)cn1. The summed E-state index contributed by atoms with van der Waals surface area (Å²) in [5.74, 6) is 0. The second-order valence-electron chi connectivity index (χ2n) is 4.10. The van der Waals surface area contributed by atoms with Crippen LogP contribution in [0.25, 0.3) is 0 Å². The number of nitrogens with zero attached hydrogens (tertiary/aromatic N) is 2. The lowest BCUT2D eigenvalue weighted by molar-refractivity contribution is 0.127. The number of aliphatic hydroxyl groups is 1. The van der Waals surface area contributed by atoms with E-state index in [4.69, 9.17) is 5.73 Å². The second kappa shape index (κ2) is 5.28. The van der Waals surface area contributed by atoms with Crippen LogP contribution in [0.1, 0.15) is 25.8 Å². The van der Waals surface area contributed by atoms with Gasteiger partial charge in [0.2, 0.25) is 0 Å². The maximum absolute atomic E-state index is 9.39. The third-order valence-corrected chi connectivity index (χ3v) is 3.11. The Hall–Kier alpha value is -0.870. The molecule has 3 N–H and O–H groups in total. The number of aromatic nitrogens is 2. The molecule has 1 rings (SSSR count). The van der Waals surface area contributed by atoms with Crippen LogP contribution in [0, 0.1) is 5.41 Å². The minimum Gasteiger partial charge on any atom is -0.396 e. The molecule has 0 radical (unpaired) electrons. The van der Waals surface area contributed by atoms with Gasteiger partial charge in [-0.15, -0.1) is 0 Å². The normalized spacial score (nSPS) is 15.2. The Morgan fingerprint density at radius 2 is 2.27 bits per heavy atom. The predicted octanol–water partition coefficient (Wildman–Crippen LogP) is 0.793. The third kappa shape index (κ3) is 2.79. The van der Waals surface area contributed by atoms with Crippen LogP contribution in [0.4, 0.5) is 0 Å². The highest BCUT2D eigenvalue weighted by Gasteiger charge is 2.26. The molecule has 1 atom stereocenters. The van der Waals surface area contributed by atoms with Crippen molar-refractivity contribution >= 4 is 0 Å². The molecule has 0 spiro atoms. The Balaban J connectivity index is 2.73. The molecule has 0 aromatic carbocycles. The number of rotatable bonds is 6. The molecule has 0 saturated carbocycles. The Morgan fingerprint density at radius 3 is 2.67 bits per heavy atom. The van der Waals surface area contributed by atoms with Gasteiger partial charge in [0.1, 0.15) is 0 Å². The van der Waals surface area contributed by atoms with Gasteiger partial charge in [-0.3, -0.25) is 4.68 Å². The standard InChI is InChI=1S/C11H21N3O/c1-3-11(8-12,9-15)5-10-6-13-14(4-2)7-10/h6-7,15H,3-5,8-9,12H2,1-2H3. The van der Waals surface area contributed by atoms with Crippen LogP contribution in [0.15, 0.2) is 12.4 Å². The number of aliphatic hydroxyl groups excluding tert-OH is 1. The van der Waals surface area contributed by atoms with Gasteiger partial charge in [0.15, 0.2) is 0 Å². The lowest BCUT2D eigenvalue weighted by Gasteiger charge is -2.28. The van der Waals surface area contributed by atoms with Gasteiger partial charge in [0.05, 0.1) is 12.8 Å². The van der Waals surface area contributed by atoms with Crippen molar-refractivity contribution in [2.75, 3.05) is 13.2 Å². The molecule has 1 unspecified atom stereocenters. The zero-order valence-electron chi connectivity index (χ0n) is 9.61. The smallest absolute Gasteiger partial charge is 0.0521 e. The Bertz CT molecular complexity index is 284. The summed E-state index contributed by atoms with van der Waals surface area (Å²) in [6.45, 7) is 5.64. The van der Waals surface area contributed by atoms with Crippen molar-refractivity contribution in [2.45, 2.75) is 33.2 Å². The maximum Gasteiger partial charge on any atom is 0.0521 e. The largest absolute Gasteiger partial charge is 0.396 e. The van der Waals surface area contributed by atoms with Crippen LogP contribution in [0.5, 0.6) is 0 Å². The van der Waals surface area contributed by atoms with Gasteiger partial charge < -0.3 is 10.8 Å². The van der Waals surface area contributed by atoms with Crippen LogP contribution in [0.2, 0.25) is 0 Å². The summed E-state index contributed by atoms with van der Waals surface area (Å²) in [6.07, 6.45) is 5.57. The molecule has 0 amide bonds. The molecule has 0 aliphatic carbocycles. The van der Waals surface area contributed by atoms with E-state index in [0.29, 0.717) is 6.54 Å². The molecule has 0 aliphatic rings. The second-order valence-corrected chi connectivity index (χ2v) is 4.10. The molecule has 4 nitrogen and oxygen atoms in total. The summed E-state index contributed by atoms with van der Waals surface area (Å²) in [4.78, 5) is 0. The highest BCUT2D eigenvalue weighted by molar-refractivity contribution is 5.08. The minimum atomic E-state index is -0.179. The van der Waals surface area contributed by atoms with Gasteiger partial charge in [-0.1, -0.05) is 6.92 Å². The Labute approximate surface area is 91.1 Å². The van der Waals surface area contributed by atoms with Crippen LogP contribution in [-0.4, -0.2) is 28.0 Å². The zero-order chi connectivity index (χ0) is 11.3. The van der Waals surface area contributed by atoms with Gasteiger partial charge in [0.25, 0.3) is 0 Å². The Kier molecular flexibility index (Phi) is 4.29. The van der Waals surface area contributed by atoms with E-state index in [0.717, 1.165) is 24.9 Å². The van der Waals surface area contributed by atoms with Crippen LogP contribution >= 0.6 is 0 Å². The molecule has 0 aliphatic heterocycles. The van der Waals surface area contributed by atoms with E-state index in [1.807, 2.05) is 17.1 Å². The van der Waals surface area contributed by atoms with Gasteiger partial charge in [-0.25, -0.2) is 0 Å². The van der Waals surface area contributed by atoms with E-state index < -0.39 is 0 Å². The molecule has 4 heteroatoms. The molecule has 0 fully saturated rings. The van der Waals surface area contributed by atoms with E-state index in [2.05, 4.69) is 18.9 Å². The number of hydrogen-bond donors (Lipinski definition) is 2. The minimum absolute atomic E-state index is 0.136. The van der Waals surface area contributed by atoms with E-state index in [9.17, 15) is 5.11 Å². The first-order valence-electron chi connectivity index (χ1n) is 5.52. The van der Waals surface area contributed by atoms with Gasteiger partial charge in [0, 0.05) is 24.7 Å². The highest BCUT2D eigenvalue weighted by Crippen LogP contribution is 2.25. The number of aryl methyl sites for hydroxylation is 1. The van der Waals surface area contributed by atoms with E-state index in [1.165, 1.54) is 0 Å². The van der Waals surface area contributed by atoms with Crippen LogP contribution in [-0.2, 0) is 13.0 Å². The molecule has 0 bridgehead atoms. The van der Waals surface area contributed by atoms with Crippen molar-refractivity contribution in [1.29, 1.82) is 0 Å². The van der Waals surface area contributed by atoms with Gasteiger partial charge in [-0.2, -0.15) is 5.10 Å².